The van der Waals surface area contributed by atoms with Crippen LogP contribution in [-0.2, 0) is 4.79 Å². The van der Waals surface area contributed by atoms with Gasteiger partial charge in [-0.1, -0.05) is 6.07 Å². The smallest absolute Gasteiger partial charge is 0.307 e. The minimum absolute atomic E-state index is 0. The van der Waals surface area contributed by atoms with Crippen LogP contribution in [0.5, 0.6) is 0 Å². The predicted octanol–water partition coefficient (Wildman–Crippen LogP) is 3.68. The van der Waals surface area contributed by atoms with Gasteiger partial charge in [-0.2, -0.15) is 0 Å². The maximum absolute atomic E-state index is 14.0. The Hall–Kier alpha value is -1.20. The van der Waals surface area contributed by atoms with Crippen molar-refractivity contribution >= 4 is 18.4 Å². The third-order valence-corrected chi connectivity index (χ3v) is 4.24. The first-order valence-electron chi connectivity index (χ1n) is 7.13. The Morgan fingerprint density at radius 1 is 1.32 bits per heavy atom. The zero-order chi connectivity index (χ0) is 15.8. The van der Waals surface area contributed by atoms with Gasteiger partial charge in [-0.05, 0) is 45.4 Å². The fraction of sp³-hybridized carbons (Fsp3) is 0.562. The van der Waals surface area contributed by atoms with Crippen LogP contribution in [0, 0.1) is 17.6 Å². The van der Waals surface area contributed by atoms with Gasteiger partial charge in [0, 0.05) is 24.1 Å². The van der Waals surface area contributed by atoms with Gasteiger partial charge in [0.2, 0.25) is 0 Å². The van der Waals surface area contributed by atoms with Crippen LogP contribution in [0.15, 0.2) is 18.2 Å². The molecular weight excluding hydrogens is 312 g/mol. The van der Waals surface area contributed by atoms with E-state index >= 15 is 0 Å². The van der Waals surface area contributed by atoms with Crippen molar-refractivity contribution in [3.63, 3.8) is 0 Å². The molecule has 1 N–H and O–H groups in total. The van der Waals surface area contributed by atoms with E-state index in [1.807, 2.05) is 20.8 Å². The molecule has 2 rings (SSSR count). The molecular formula is C16H22ClF2NO2. The van der Waals surface area contributed by atoms with E-state index in [1.165, 1.54) is 12.1 Å². The molecule has 1 fully saturated rings. The molecule has 124 valence electrons. The SMILES string of the molecule is CC(C)(C)N1CC[C@H](C(=O)O)[C@@H](c2ccc(F)cc2F)C1.Cl. The summed E-state index contributed by atoms with van der Waals surface area (Å²) in [5.74, 6) is -3.33. The van der Waals surface area contributed by atoms with Crippen molar-refractivity contribution < 1.29 is 18.7 Å². The van der Waals surface area contributed by atoms with Crippen LogP contribution in [0.2, 0.25) is 0 Å². The Bertz CT molecular complexity index is 545. The normalized spacial score (nSPS) is 23.0. The first-order chi connectivity index (χ1) is 9.70. The lowest BCUT2D eigenvalue weighted by atomic mass is 9.79. The summed E-state index contributed by atoms with van der Waals surface area (Å²) in [6.07, 6.45) is 0.466. The summed E-state index contributed by atoms with van der Waals surface area (Å²) in [4.78, 5) is 13.6. The van der Waals surface area contributed by atoms with Crippen molar-refractivity contribution in [2.24, 2.45) is 5.92 Å². The van der Waals surface area contributed by atoms with Crippen LogP contribution in [0.1, 0.15) is 38.7 Å². The van der Waals surface area contributed by atoms with E-state index in [-0.39, 0.29) is 23.5 Å². The lowest BCUT2D eigenvalue weighted by molar-refractivity contribution is -0.144. The number of carbonyl (C=O) groups is 1. The van der Waals surface area contributed by atoms with Gasteiger partial charge >= 0.3 is 5.97 Å². The zero-order valence-electron chi connectivity index (χ0n) is 13.0. The third-order valence-electron chi connectivity index (χ3n) is 4.24. The lowest BCUT2D eigenvalue weighted by Gasteiger charge is -2.44. The van der Waals surface area contributed by atoms with E-state index in [2.05, 4.69) is 4.90 Å². The van der Waals surface area contributed by atoms with E-state index in [1.54, 1.807) is 0 Å². The Kier molecular flexibility index (Phi) is 5.93. The average molecular weight is 334 g/mol. The van der Waals surface area contributed by atoms with Crippen molar-refractivity contribution in [1.82, 2.24) is 4.90 Å². The molecule has 22 heavy (non-hydrogen) atoms. The molecule has 3 nitrogen and oxygen atoms in total. The molecule has 0 saturated carbocycles. The van der Waals surface area contributed by atoms with E-state index in [0.717, 1.165) is 6.07 Å². The summed E-state index contributed by atoms with van der Waals surface area (Å²) in [6.45, 7) is 7.27. The van der Waals surface area contributed by atoms with Gasteiger partial charge in [-0.15, -0.1) is 12.4 Å². The van der Waals surface area contributed by atoms with Crippen molar-refractivity contribution in [3.8, 4) is 0 Å². The monoisotopic (exact) mass is 333 g/mol. The standard InChI is InChI=1S/C16H21F2NO2.ClH/c1-16(2,3)19-7-6-12(15(20)21)13(9-19)11-5-4-10(17)8-14(11)18;/h4-5,8,12-13H,6-7,9H2,1-3H3,(H,20,21);1H/t12-,13+;/m0./s1. The zero-order valence-corrected chi connectivity index (χ0v) is 13.8. The van der Waals surface area contributed by atoms with Crippen LogP contribution in [0.25, 0.3) is 0 Å². The Morgan fingerprint density at radius 3 is 2.45 bits per heavy atom. The Balaban J connectivity index is 0.00000242. The molecule has 0 radical (unpaired) electrons. The fourth-order valence-corrected chi connectivity index (χ4v) is 2.97. The maximum Gasteiger partial charge on any atom is 0.307 e. The lowest BCUT2D eigenvalue weighted by Crippen LogP contribution is -2.50. The number of carboxylic acids is 1. The molecule has 1 aromatic rings. The van der Waals surface area contributed by atoms with Crippen LogP contribution in [-0.4, -0.2) is 34.6 Å². The first-order valence-corrected chi connectivity index (χ1v) is 7.13. The summed E-state index contributed by atoms with van der Waals surface area (Å²) in [5, 5.41) is 9.39. The number of piperidine rings is 1. The molecule has 0 bridgehead atoms. The molecule has 0 amide bonds. The molecule has 1 saturated heterocycles. The second-order valence-electron chi connectivity index (χ2n) is 6.62. The van der Waals surface area contributed by atoms with Gasteiger partial charge < -0.3 is 5.11 Å². The quantitative estimate of drug-likeness (QED) is 0.897. The van der Waals surface area contributed by atoms with Crippen LogP contribution >= 0.6 is 12.4 Å². The topological polar surface area (TPSA) is 40.5 Å². The highest BCUT2D eigenvalue weighted by atomic mass is 35.5. The number of aliphatic carboxylic acids is 1. The van der Waals surface area contributed by atoms with Crippen LogP contribution in [0.3, 0.4) is 0 Å². The second kappa shape index (κ2) is 6.92. The van der Waals surface area contributed by atoms with Gasteiger partial charge in [-0.3, -0.25) is 9.69 Å². The molecule has 1 aromatic carbocycles. The minimum atomic E-state index is -0.919. The van der Waals surface area contributed by atoms with E-state index < -0.39 is 29.4 Å². The number of likely N-dealkylation sites (tertiary alicyclic amines) is 1. The summed E-state index contributed by atoms with van der Waals surface area (Å²) in [7, 11) is 0. The number of benzene rings is 1. The van der Waals surface area contributed by atoms with Crippen molar-refractivity contribution in [2.75, 3.05) is 13.1 Å². The van der Waals surface area contributed by atoms with Crippen LogP contribution < -0.4 is 0 Å². The fourth-order valence-electron chi connectivity index (χ4n) is 2.97. The van der Waals surface area contributed by atoms with Gasteiger partial charge in [0.05, 0.1) is 5.92 Å². The number of carboxylic acid groups (broad SMARTS) is 1. The van der Waals surface area contributed by atoms with E-state index in [4.69, 9.17) is 0 Å². The molecule has 6 heteroatoms. The predicted molar refractivity (Wildman–Crippen MR) is 83.4 cm³/mol. The van der Waals surface area contributed by atoms with Gasteiger partial charge in [-0.25, -0.2) is 8.78 Å². The number of nitrogens with zero attached hydrogens (tertiary/aromatic N) is 1. The van der Waals surface area contributed by atoms with Gasteiger partial charge in [0.25, 0.3) is 0 Å². The highest BCUT2D eigenvalue weighted by Crippen LogP contribution is 2.36. The molecule has 1 aliphatic heterocycles. The summed E-state index contributed by atoms with van der Waals surface area (Å²) in [5.41, 5.74) is 0.177. The number of hydrogen-bond donors (Lipinski definition) is 1. The third kappa shape index (κ3) is 3.96. The molecule has 2 atom stereocenters. The van der Waals surface area contributed by atoms with E-state index in [9.17, 15) is 18.7 Å². The van der Waals surface area contributed by atoms with Crippen molar-refractivity contribution in [2.45, 2.75) is 38.6 Å². The first kappa shape index (κ1) is 18.8. The van der Waals surface area contributed by atoms with Crippen molar-refractivity contribution in [3.05, 3.63) is 35.4 Å². The minimum Gasteiger partial charge on any atom is -0.481 e. The highest BCUT2D eigenvalue weighted by molar-refractivity contribution is 5.85. The average Bonchev–Trinajstić information content (AvgIpc) is 2.37. The molecule has 1 aliphatic rings. The van der Waals surface area contributed by atoms with Gasteiger partial charge in [0.1, 0.15) is 11.6 Å². The molecule has 0 aromatic heterocycles. The molecule has 0 unspecified atom stereocenters. The summed E-state index contributed by atoms with van der Waals surface area (Å²) < 4.78 is 27.1. The molecule has 0 spiro atoms. The summed E-state index contributed by atoms with van der Waals surface area (Å²) >= 11 is 0. The number of hydrogen-bond acceptors (Lipinski definition) is 2. The number of halogens is 3. The van der Waals surface area contributed by atoms with Crippen LogP contribution in [0.4, 0.5) is 8.78 Å². The van der Waals surface area contributed by atoms with Gasteiger partial charge in [0.15, 0.2) is 0 Å². The summed E-state index contributed by atoms with van der Waals surface area (Å²) in [6, 6.07) is 3.38. The number of rotatable bonds is 2. The Labute approximate surface area is 135 Å². The van der Waals surface area contributed by atoms with Crippen molar-refractivity contribution in [1.29, 1.82) is 0 Å². The second-order valence-corrected chi connectivity index (χ2v) is 6.62. The maximum atomic E-state index is 14.0. The Morgan fingerprint density at radius 2 is 1.95 bits per heavy atom. The molecule has 1 heterocycles. The highest BCUT2D eigenvalue weighted by Gasteiger charge is 2.39. The van der Waals surface area contributed by atoms with E-state index in [0.29, 0.717) is 19.5 Å². The molecule has 0 aliphatic carbocycles. The largest absolute Gasteiger partial charge is 0.481 e.